The molecule has 1 aromatic carbocycles. The summed E-state index contributed by atoms with van der Waals surface area (Å²) in [4.78, 5) is 28.2. The summed E-state index contributed by atoms with van der Waals surface area (Å²) in [5.74, 6) is -0.508. The molecule has 0 bridgehead atoms. The number of carbonyl (C=O) groups is 2. The molecule has 7 nitrogen and oxygen atoms in total. The number of amides is 2. The second kappa shape index (κ2) is 6.76. The highest BCUT2D eigenvalue weighted by Crippen LogP contribution is 2.32. The summed E-state index contributed by atoms with van der Waals surface area (Å²) in [6.07, 6.45) is -0.829. The highest BCUT2D eigenvalue weighted by atomic mass is 32.2. The van der Waals surface area contributed by atoms with Crippen molar-refractivity contribution >= 4 is 21.7 Å². The average Bonchev–Trinajstić information content (AvgIpc) is 2.57. The minimum atomic E-state index is -3.07. The number of ether oxygens (including phenoxy) is 1. The lowest BCUT2D eigenvalue weighted by Crippen LogP contribution is -2.56. The zero-order valence-corrected chi connectivity index (χ0v) is 15.2. The maximum atomic E-state index is 13.0. The lowest BCUT2D eigenvalue weighted by atomic mass is 9.93. The van der Waals surface area contributed by atoms with E-state index in [0.717, 1.165) is 11.1 Å². The number of morpholine rings is 1. The normalized spacial score (nSPS) is 26.6. The molecule has 2 amide bonds. The monoisotopic (exact) mass is 366 g/mol. The first-order valence-electron chi connectivity index (χ1n) is 8.22. The van der Waals surface area contributed by atoms with Gasteiger partial charge < -0.3 is 14.5 Å². The molecule has 0 aliphatic carbocycles. The third-order valence-electron chi connectivity index (χ3n) is 4.89. The van der Waals surface area contributed by atoms with Crippen molar-refractivity contribution in [1.29, 1.82) is 0 Å². The van der Waals surface area contributed by atoms with E-state index in [0.29, 0.717) is 0 Å². The number of rotatable bonds is 2. The fourth-order valence-corrected chi connectivity index (χ4v) is 4.52. The van der Waals surface area contributed by atoms with Crippen molar-refractivity contribution in [3.05, 3.63) is 35.4 Å². The van der Waals surface area contributed by atoms with Gasteiger partial charge in [0.1, 0.15) is 6.61 Å². The summed E-state index contributed by atoms with van der Waals surface area (Å²) in [5, 5.41) is 0. The summed E-state index contributed by atoms with van der Waals surface area (Å²) in [5.41, 5.74) is 1.83. The van der Waals surface area contributed by atoms with Crippen LogP contribution in [-0.4, -0.2) is 74.4 Å². The zero-order chi connectivity index (χ0) is 18.2. The third-order valence-corrected chi connectivity index (χ3v) is 6.50. The Labute approximate surface area is 147 Å². The van der Waals surface area contributed by atoms with Crippen LogP contribution in [0.4, 0.5) is 0 Å². The average molecular weight is 366 g/mol. The summed E-state index contributed by atoms with van der Waals surface area (Å²) in [6.45, 7) is 2.11. The number of benzene rings is 1. The number of hydrogen-bond donors (Lipinski definition) is 0. The molecular formula is C17H22N2O5S. The second-order valence-electron chi connectivity index (χ2n) is 6.51. The first-order valence-corrected chi connectivity index (χ1v) is 10.0. The van der Waals surface area contributed by atoms with Gasteiger partial charge in [0.05, 0.1) is 17.5 Å². The molecule has 0 radical (unpaired) electrons. The van der Waals surface area contributed by atoms with Crippen LogP contribution in [0.1, 0.15) is 17.2 Å². The van der Waals surface area contributed by atoms with Crippen LogP contribution in [0, 0.1) is 6.92 Å². The van der Waals surface area contributed by atoms with Crippen LogP contribution in [-0.2, 0) is 24.2 Å². The van der Waals surface area contributed by atoms with Gasteiger partial charge in [-0.1, -0.05) is 24.3 Å². The first-order chi connectivity index (χ1) is 11.8. The van der Waals surface area contributed by atoms with Crippen LogP contribution >= 0.6 is 0 Å². The van der Waals surface area contributed by atoms with E-state index in [4.69, 9.17) is 4.74 Å². The lowest BCUT2D eigenvalue weighted by molar-refractivity contribution is -0.167. The maximum Gasteiger partial charge on any atom is 0.254 e. The number of carbonyl (C=O) groups excluding carboxylic acids is 2. The van der Waals surface area contributed by atoms with E-state index in [9.17, 15) is 18.0 Å². The second-order valence-corrected chi connectivity index (χ2v) is 8.82. The smallest absolute Gasteiger partial charge is 0.254 e. The first kappa shape index (κ1) is 17.9. The van der Waals surface area contributed by atoms with Gasteiger partial charge in [-0.15, -0.1) is 0 Å². The maximum absolute atomic E-state index is 13.0. The fourth-order valence-electron chi connectivity index (χ4n) is 3.32. The van der Waals surface area contributed by atoms with Gasteiger partial charge in [-0.05, 0) is 18.1 Å². The number of hydrogen-bond acceptors (Lipinski definition) is 5. The summed E-state index contributed by atoms with van der Waals surface area (Å²) in [7, 11) is -1.40. The molecule has 0 N–H and O–H groups in total. The number of sulfone groups is 1. The van der Waals surface area contributed by atoms with Crippen molar-refractivity contribution < 1.29 is 22.7 Å². The van der Waals surface area contributed by atoms with Crippen molar-refractivity contribution in [3.8, 4) is 0 Å². The summed E-state index contributed by atoms with van der Waals surface area (Å²) >= 11 is 0. The van der Waals surface area contributed by atoms with E-state index < -0.39 is 22.0 Å². The molecular weight excluding hydrogens is 344 g/mol. The van der Waals surface area contributed by atoms with Crippen molar-refractivity contribution in [2.24, 2.45) is 0 Å². The van der Waals surface area contributed by atoms with E-state index in [-0.39, 0.29) is 43.0 Å². The van der Waals surface area contributed by atoms with Crippen LogP contribution in [0.3, 0.4) is 0 Å². The molecule has 0 saturated carbocycles. The van der Waals surface area contributed by atoms with Crippen molar-refractivity contribution in [3.63, 3.8) is 0 Å². The van der Waals surface area contributed by atoms with Gasteiger partial charge in [0.25, 0.3) is 5.91 Å². The Morgan fingerprint density at radius 2 is 1.84 bits per heavy atom. The number of likely N-dealkylation sites (N-methyl/N-ethyl adjacent to an activating group) is 1. The standard InChI is InChI=1S/C17H22N2O5S/c1-12-5-3-4-6-13(12)15-16(24-11-14(20)18(15)2)17(21)19-7-9-25(22,23)10-8-19/h3-6,15-16H,7-11H2,1-2H3/t15-,16+/m1/s1. The quantitative estimate of drug-likeness (QED) is 0.744. The molecule has 136 valence electrons. The van der Waals surface area contributed by atoms with E-state index >= 15 is 0 Å². The Morgan fingerprint density at radius 3 is 2.48 bits per heavy atom. The van der Waals surface area contributed by atoms with E-state index in [1.165, 1.54) is 4.90 Å². The van der Waals surface area contributed by atoms with Gasteiger partial charge in [0, 0.05) is 20.1 Å². The van der Waals surface area contributed by atoms with Crippen LogP contribution in [0.5, 0.6) is 0 Å². The third kappa shape index (κ3) is 3.55. The number of nitrogens with zero attached hydrogens (tertiary/aromatic N) is 2. The predicted octanol–water partition coefficient (Wildman–Crippen LogP) is 0.150. The van der Waals surface area contributed by atoms with Gasteiger partial charge in [0.2, 0.25) is 5.91 Å². The van der Waals surface area contributed by atoms with Crippen LogP contribution in [0.25, 0.3) is 0 Å². The Hall–Kier alpha value is -1.93. The fraction of sp³-hybridized carbons (Fsp3) is 0.529. The number of aryl methyl sites for hydroxylation is 1. The molecule has 0 spiro atoms. The van der Waals surface area contributed by atoms with Crippen LogP contribution in [0.15, 0.2) is 24.3 Å². The van der Waals surface area contributed by atoms with E-state index in [1.807, 2.05) is 31.2 Å². The Kier molecular flexibility index (Phi) is 4.83. The SMILES string of the molecule is Cc1ccccc1[C@@H]1[C@@H](C(=O)N2CCS(=O)(=O)CC2)OCC(=O)N1C. The molecule has 3 rings (SSSR count). The Morgan fingerprint density at radius 1 is 1.20 bits per heavy atom. The van der Waals surface area contributed by atoms with E-state index in [1.54, 1.807) is 11.9 Å². The molecule has 0 aromatic heterocycles. The predicted molar refractivity (Wildman–Crippen MR) is 91.7 cm³/mol. The highest BCUT2D eigenvalue weighted by Gasteiger charge is 2.43. The lowest BCUT2D eigenvalue weighted by Gasteiger charge is -2.41. The minimum absolute atomic E-state index is 0.0325. The molecule has 2 atom stereocenters. The Bertz CT molecular complexity index is 778. The topological polar surface area (TPSA) is 84.0 Å². The Balaban J connectivity index is 1.89. The van der Waals surface area contributed by atoms with Crippen molar-refractivity contribution in [2.75, 3.05) is 38.2 Å². The van der Waals surface area contributed by atoms with Crippen LogP contribution < -0.4 is 0 Å². The van der Waals surface area contributed by atoms with Gasteiger partial charge >= 0.3 is 0 Å². The van der Waals surface area contributed by atoms with Gasteiger partial charge in [-0.2, -0.15) is 0 Å². The zero-order valence-electron chi connectivity index (χ0n) is 14.3. The van der Waals surface area contributed by atoms with Crippen molar-refractivity contribution in [2.45, 2.75) is 19.1 Å². The molecule has 1 aromatic rings. The van der Waals surface area contributed by atoms with E-state index in [2.05, 4.69) is 0 Å². The molecule has 0 unspecified atom stereocenters. The van der Waals surface area contributed by atoms with Gasteiger partial charge in [-0.3, -0.25) is 9.59 Å². The largest absolute Gasteiger partial charge is 0.356 e. The minimum Gasteiger partial charge on any atom is -0.356 e. The summed E-state index contributed by atoms with van der Waals surface area (Å²) in [6, 6.07) is 7.06. The van der Waals surface area contributed by atoms with Crippen LogP contribution in [0.2, 0.25) is 0 Å². The van der Waals surface area contributed by atoms with Crippen molar-refractivity contribution in [1.82, 2.24) is 9.80 Å². The molecule has 2 fully saturated rings. The molecule has 2 saturated heterocycles. The van der Waals surface area contributed by atoms with Gasteiger partial charge in [0.15, 0.2) is 15.9 Å². The molecule has 2 aliphatic heterocycles. The molecule has 2 heterocycles. The summed E-state index contributed by atoms with van der Waals surface area (Å²) < 4.78 is 28.8. The molecule has 25 heavy (non-hydrogen) atoms. The molecule has 2 aliphatic rings. The van der Waals surface area contributed by atoms with Gasteiger partial charge in [-0.25, -0.2) is 8.42 Å². The highest BCUT2D eigenvalue weighted by molar-refractivity contribution is 7.91. The molecule has 8 heteroatoms.